The average Bonchev–Trinajstić information content (AvgIpc) is 3.30. The topological polar surface area (TPSA) is 84.4 Å². The largest absolute Gasteiger partial charge is 0.454 e. The molecule has 0 N–H and O–H groups in total. The number of ether oxygens (including phenoxy) is 2. The summed E-state index contributed by atoms with van der Waals surface area (Å²) in [7, 11) is 1.96. The van der Waals surface area contributed by atoms with Gasteiger partial charge in [-0.15, -0.1) is 0 Å². The highest BCUT2D eigenvalue weighted by atomic mass is 16.7. The molecular weight excluding hydrogens is 332 g/mol. The van der Waals surface area contributed by atoms with E-state index in [0.717, 1.165) is 16.9 Å². The molecule has 2 aromatic carbocycles. The van der Waals surface area contributed by atoms with Crippen molar-refractivity contribution >= 4 is 0 Å². The fraction of sp³-hybridized carbons (Fsp3) is 0.211. The second-order valence-corrected chi connectivity index (χ2v) is 6.06. The van der Waals surface area contributed by atoms with Crippen molar-refractivity contribution in [1.82, 2.24) is 15.0 Å². The summed E-state index contributed by atoms with van der Waals surface area (Å²) in [6.45, 7) is 1.42. The van der Waals surface area contributed by atoms with Gasteiger partial charge in [0, 0.05) is 12.1 Å². The molecular formula is C19H16N4O3. The quantitative estimate of drug-likeness (QED) is 0.701. The minimum atomic E-state index is 0.230. The van der Waals surface area contributed by atoms with Crippen LogP contribution in [0.15, 0.2) is 47.0 Å². The monoisotopic (exact) mass is 348 g/mol. The molecule has 3 aromatic rings. The molecule has 7 heteroatoms. The molecule has 0 spiro atoms. The highest BCUT2D eigenvalue weighted by Crippen LogP contribution is 2.35. The molecule has 7 nitrogen and oxygen atoms in total. The molecule has 1 aliphatic rings. The van der Waals surface area contributed by atoms with E-state index in [1.807, 2.05) is 48.3 Å². The fourth-order valence-electron chi connectivity index (χ4n) is 2.81. The normalized spacial score (nSPS) is 12.3. The van der Waals surface area contributed by atoms with Gasteiger partial charge in [-0.1, -0.05) is 17.3 Å². The molecule has 26 heavy (non-hydrogen) atoms. The van der Waals surface area contributed by atoms with Crippen LogP contribution in [0.2, 0.25) is 0 Å². The van der Waals surface area contributed by atoms with Crippen LogP contribution >= 0.6 is 0 Å². The van der Waals surface area contributed by atoms with Gasteiger partial charge < -0.3 is 14.0 Å². The van der Waals surface area contributed by atoms with Crippen molar-refractivity contribution in [3.05, 3.63) is 59.5 Å². The van der Waals surface area contributed by atoms with Crippen molar-refractivity contribution < 1.29 is 14.0 Å². The van der Waals surface area contributed by atoms with E-state index in [1.54, 1.807) is 6.07 Å². The molecule has 0 aliphatic carbocycles. The molecule has 0 fully saturated rings. The molecule has 4 rings (SSSR count). The average molecular weight is 348 g/mol. The SMILES string of the molecule is CN(Cc1cccc(C#N)c1)Cc1nc(-c2ccc3c(c2)OCO3)no1. The van der Waals surface area contributed by atoms with E-state index in [1.165, 1.54) is 0 Å². The van der Waals surface area contributed by atoms with Crippen LogP contribution in [0.5, 0.6) is 11.5 Å². The van der Waals surface area contributed by atoms with Crippen LogP contribution in [0.3, 0.4) is 0 Å². The van der Waals surface area contributed by atoms with E-state index in [2.05, 4.69) is 16.2 Å². The van der Waals surface area contributed by atoms with Gasteiger partial charge in [0.15, 0.2) is 11.5 Å². The Morgan fingerprint density at radius 2 is 2.00 bits per heavy atom. The maximum Gasteiger partial charge on any atom is 0.241 e. The van der Waals surface area contributed by atoms with Crippen molar-refractivity contribution in [3.63, 3.8) is 0 Å². The number of hydrogen-bond acceptors (Lipinski definition) is 7. The molecule has 1 aliphatic heterocycles. The lowest BCUT2D eigenvalue weighted by molar-refractivity contribution is 0.174. The molecule has 0 saturated heterocycles. The maximum atomic E-state index is 8.99. The number of nitrogens with zero attached hydrogens (tertiary/aromatic N) is 4. The molecule has 0 radical (unpaired) electrons. The standard InChI is InChI=1S/C19H16N4O3/c1-23(10-14-4-2-3-13(7-14)9-20)11-18-21-19(22-26-18)15-5-6-16-17(8-15)25-12-24-16/h2-8H,10-12H2,1H3. The number of benzene rings is 2. The summed E-state index contributed by atoms with van der Waals surface area (Å²) >= 11 is 0. The first-order valence-electron chi connectivity index (χ1n) is 8.11. The zero-order valence-electron chi connectivity index (χ0n) is 14.2. The number of nitriles is 1. The third-order valence-corrected chi connectivity index (χ3v) is 4.01. The van der Waals surface area contributed by atoms with Crippen molar-refractivity contribution in [2.24, 2.45) is 0 Å². The Morgan fingerprint density at radius 1 is 1.12 bits per heavy atom. The fourth-order valence-corrected chi connectivity index (χ4v) is 2.81. The van der Waals surface area contributed by atoms with Crippen LogP contribution in [-0.4, -0.2) is 28.9 Å². The van der Waals surface area contributed by atoms with Gasteiger partial charge in [-0.2, -0.15) is 10.2 Å². The zero-order chi connectivity index (χ0) is 17.9. The van der Waals surface area contributed by atoms with Gasteiger partial charge in [-0.05, 0) is 42.9 Å². The molecule has 2 heterocycles. The minimum absolute atomic E-state index is 0.230. The van der Waals surface area contributed by atoms with Gasteiger partial charge in [0.05, 0.1) is 18.2 Å². The molecule has 0 saturated carbocycles. The van der Waals surface area contributed by atoms with Crippen molar-refractivity contribution in [1.29, 1.82) is 5.26 Å². The van der Waals surface area contributed by atoms with E-state index in [-0.39, 0.29) is 6.79 Å². The van der Waals surface area contributed by atoms with Crippen LogP contribution in [-0.2, 0) is 13.1 Å². The summed E-state index contributed by atoms with van der Waals surface area (Å²) in [5, 5.41) is 13.0. The summed E-state index contributed by atoms with van der Waals surface area (Å²) in [5.41, 5.74) is 2.52. The summed E-state index contributed by atoms with van der Waals surface area (Å²) < 4.78 is 16.0. The van der Waals surface area contributed by atoms with Crippen LogP contribution in [0.4, 0.5) is 0 Å². The Kier molecular flexibility index (Phi) is 4.25. The Labute approximate surface area is 150 Å². The number of rotatable bonds is 5. The van der Waals surface area contributed by atoms with Gasteiger partial charge in [0.1, 0.15) is 0 Å². The molecule has 130 valence electrons. The van der Waals surface area contributed by atoms with Gasteiger partial charge in [0.25, 0.3) is 0 Å². The van der Waals surface area contributed by atoms with Crippen molar-refractivity contribution in [2.75, 3.05) is 13.8 Å². The minimum Gasteiger partial charge on any atom is -0.454 e. The Morgan fingerprint density at radius 3 is 2.88 bits per heavy atom. The van der Waals surface area contributed by atoms with E-state index in [9.17, 15) is 0 Å². The molecule has 0 unspecified atom stereocenters. The summed E-state index contributed by atoms with van der Waals surface area (Å²) in [4.78, 5) is 6.50. The van der Waals surface area contributed by atoms with Gasteiger partial charge >= 0.3 is 0 Å². The number of aromatic nitrogens is 2. The number of fused-ring (bicyclic) bond motifs is 1. The van der Waals surface area contributed by atoms with Gasteiger partial charge in [-0.25, -0.2) is 0 Å². The Bertz CT molecular complexity index is 977. The van der Waals surface area contributed by atoms with Crippen LogP contribution < -0.4 is 9.47 Å². The smallest absolute Gasteiger partial charge is 0.241 e. The molecule has 0 amide bonds. The third-order valence-electron chi connectivity index (χ3n) is 4.01. The Hall–Kier alpha value is -3.37. The summed E-state index contributed by atoms with van der Waals surface area (Å²) in [5.74, 6) is 2.44. The van der Waals surface area contributed by atoms with Crippen LogP contribution in [0.1, 0.15) is 17.0 Å². The predicted octanol–water partition coefficient (Wildman–Crippen LogP) is 2.97. The molecule has 0 bridgehead atoms. The number of hydrogen-bond donors (Lipinski definition) is 0. The highest BCUT2D eigenvalue weighted by Gasteiger charge is 2.17. The van der Waals surface area contributed by atoms with Crippen molar-refractivity contribution in [2.45, 2.75) is 13.1 Å². The Balaban J connectivity index is 1.44. The maximum absolute atomic E-state index is 8.99. The lowest BCUT2D eigenvalue weighted by Crippen LogP contribution is -2.17. The van der Waals surface area contributed by atoms with Crippen molar-refractivity contribution in [3.8, 4) is 29.0 Å². The predicted molar refractivity (Wildman–Crippen MR) is 92.2 cm³/mol. The zero-order valence-corrected chi connectivity index (χ0v) is 14.2. The van der Waals surface area contributed by atoms with E-state index < -0.39 is 0 Å². The molecule has 0 atom stereocenters. The summed E-state index contributed by atoms with van der Waals surface area (Å²) in [6.07, 6.45) is 0. The first kappa shape index (κ1) is 16.1. The lowest BCUT2D eigenvalue weighted by Gasteiger charge is -2.14. The first-order valence-corrected chi connectivity index (χ1v) is 8.11. The van der Waals surface area contributed by atoms with Gasteiger partial charge in [-0.3, -0.25) is 4.90 Å². The van der Waals surface area contributed by atoms with E-state index in [4.69, 9.17) is 19.3 Å². The lowest BCUT2D eigenvalue weighted by atomic mass is 10.1. The molecule has 1 aromatic heterocycles. The van der Waals surface area contributed by atoms with E-state index >= 15 is 0 Å². The third kappa shape index (κ3) is 3.36. The van der Waals surface area contributed by atoms with Crippen LogP contribution in [0.25, 0.3) is 11.4 Å². The van der Waals surface area contributed by atoms with Crippen LogP contribution in [0, 0.1) is 11.3 Å². The summed E-state index contributed by atoms with van der Waals surface area (Å²) in [6, 6.07) is 15.2. The highest BCUT2D eigenvalue weighted by molar-refractivity contribution is 5.61. The first-order chi connectivity index (χ1) is 12.7. The van der Waals surface area contributed by atoms with E-state index in [0.29, 0.717) is 36.1 Å². The second kappa shape index (κ2) is 6.86. The second-order valence-electron chi connectivity index (χ2n) is 6.06. The van der Waals surface area contributed by atoms with Gasteiger partial charge in [0.2, 0.25) is 18.5 Å².